The molecule has 4 aliphatic rings. The number of amides is 3. The van der Waals surface area contributed by atoms with Crippen molar-refractivity contribution in [3.8, 4) is 45.8 Å². The topological polar surface area (TPSA) is 198 Å². The number of benzene rings is 3. The van der Waals surface area contributed by atoms with E-state index >= 15 is 8.78 Å². The van der Waals surface area contributed by atoms with Crippen molar-refractivity contribution in [1.82, 2.24) is 45.7 Å². The van der Waals surface area contributed by atoms with Crippen molar-refractivity contribution in [2.24, 2.45) is 5.41 Å². The monoisotopic (exact) mass is 1140 g/mol. The third-order valence-electron chi connectivity index (χ3n) is 16.8. The Hall–Kier alpha value is -6.85. The van der Waals surface area contributed by atoms with Gasteiger partial charge in [0.15, 0.2) is 5.82 Å². The standard InChI is InChI=1S/C63H76F2N10O6S/c1-7-47-50(64)24-21-41-28-44(76)29-48(53(41)47)55-54(65)56-49(31-66-55)59(74-32-42-22-23-43(33-74)69-42)72-62(71-56)81-46-25-27-73(35-46)26-15-13-11-9-8-10-12-14-16-52(78)70-58(63(4,5)6)61(80)75-34-45(77)30-51(75)60(79)68-37(2)39-17-19-40(20-18-39)57-38(3)67-36-82-57/h1,17-21,24,28-29,31,36-37,42-43,45-46,51,58,69,76-77H,8-16,22-23,25-27,30,32-35H2,2-6H3,(H,68,79)(H,70,78)/t37-,42?,43?,45+,46?,51-,58?/m0/s1. The van der Waals surface area contributed by atoms with Gasteiger partial charge in [-0.2, -0.15) is 9.97 Å². The molecule has 3 aromatic carbocycles. The van der Waals surface area contributed by atoms with Gasteiger partial charge in [0, 0.05) is 74.8 Å². The maximum atomic E-state index is 17.1. The number of carbonyl (C=O) groups excluding carboxylic acids is 3. The summed E-state index contributed by atoms with van der Waals surface area (Å²) >= 11 is 1.58. The van der Waals surface area contributed by atoms with Gasteiger partial charge in [-0.1, -0.05) is 95.5 Å². The fraction of sp³-hybridized carbons (Fsp3) is 0.508. The third kappa shape index (κ3) is 13.2. The number of rotatable bonds is 21. The van der Waals surface area contributed by atoms with Crippen molar-refractivity contribution in [1.29, 1.82) is 0 Å². The first kappa shape index (κ1) is 58.4. The number of aryl methyl sites for hydroxylation is 1. The summed E-state index contributed by atoms with van der Waals surface area (Å²) < 4.78 is 38.6. The molecule has 2 bridgehead atoms. The minimum absolute atomic E-state index is 0.0164. The van der Waals surface area contributed by atoms with Crippen LogP contribution in [-0.4, -0.2) is 133 Å². The second-order valence-electron chi connectivity index (χ2n) is 24.0. The lowest BCUT2D eigenvalue weighted by Gasteiger charge is -2.35. The van der Waals surface area contributed by atoms with E-state index in [1.165, 1.54) is 29.2 Å². The number of pyridine rings is 1. The van der Waals surface area contributed by atoms with Crippen LogP contribution >= 0.6 is 11.3 Å². The maximum absolute atomic E-state index is 17.1. The second kappa shape index (κ2) is 25.3. The lowest BCUT2D eigenvalue weighted by molar-refractivity contribution is -0.144. The Bertz CT molecular complexity index is 3340. The number of fused-ring (bicyclic) bond motifs is 4. The summed E-state index contributed by atoms with van der Waals surface area (Å²) in [7, 11) is 0. The number of aliphatic hydroxyl groups is 1. The average molecular weight is 1140 g/mol. The fourth-order valence-electron chi connectivity index (χ4n) is 12.4. The number of aromatic hydroxyl groups is 1. The largest absolute Gasteiger partial charge is 0.508 e. The number of unbranched alkanes of at least 4 members (excludes halogenated alkanes) is 7. The number of carbonyl (C=O) groups is 3. The molecule has 5 N–H and O–H groups in total. The van der Waals surface area contributed by atoms with Crippen LogP contribution in [0.3, 0.4) is 0 Å². The van der Waals surface area contributed by atoms with E-state index < -0.39 is 35.2 Å². The number of terminal acetylenes is 1. The predicted molar refractivity (Wildman–Crippen MR) is 315 cm³/mol. The Kier molecular flexibility index (Phi) is 18.0. The van der Waals surface area contributed by atoms with Crippen molar-refractivity contribution >= 4 is 56.6 Å². The molecule has 0 radical (unpaired) electrons. The number of anilines is 1. The number of aromatic nitrogens is 4. The molecule has 4 fully saturated rings. The van der Waals surface area contributed by atoms with E-state index in [4.69, 9.17) is 16.1 Å². The normalized spacial score (nSPS) is 20.8. The number of thiazole rings is 1. The number of likely N-dealkylation sites (tertiary alicyclic amines) is 2. The number of hydrogen-bond donors (Lipinski definition) is 5. The number of nitrogens with one attached hydrogen (secondary N) is 3. The smallest absolute Gasteiger partial charge is 0.319 e. The maximum Gasteiger partial charge on any atom is 0.319 e. The Labute approximate surface area is 482 Å². The van der Waals surface area contributed by atoms with Crippen molar-refractivity contribution in [2.75, 3.05) is 44.2 Å². The summed E-state index contributed by atoms with van der Waals surface area (Å²) in [5.74, 6) is 0.518. The van der Waals surface area contributed by atoms with Gasteiger partial charge in [-0.25, -0.2) is 13.8 Å². The number of hydrogen-bond acceptors (Lipinski definition) is 14. The van der Waals surface area contributed by atoms with E-state index in [2.05, 4.69) is 46.6 Å². The molecule has 4 saturated heterocycles. The van der Waals surface area contributed by atoms with Crippen LogP contribution in [0.5, 0.6) is 11.8 Å². The number of halogens is 2. The first-order valence-corrected chi connectivity index (χ1v) is 30.1. The van der Waals surface area contributed by atoms with Gasteiger partial charge in [0.2, 0.25) is 17.7 Å². The van der Waals surface area contributed by atoms with Gasteiger partial charge in [-0.15, -0.1) is 17.8 Å². The first-order chi connectivity index (χ1) is 39.4. The molecule has 82 heavy (non-hydrogen) atoms. The molecule has 4 unspecified atom stereocenters. The highest BCUT2D eigenvalue weighted by Crippen LogP contribution is 2.40. The lowest BCUT2D eigenvalue weighted by atomic mass is 9.85. The van der Waals surface area contributed by atoms with E-state index in [0.717, 1.165) is 99.0 Å². The van der Waals surface area contributed by atoms with Crippen molar-refractivity contribution in [2.45, 2.75) is 161 Å². The molecular weight excluding hydrogens is 1060 g/mol. The third-order valence-corrected chi connectivity index (χ3v) is 17.8. The Morgan fingerprint density at radius 2 is 1.63 bits per heavy atom. The molecule has 16 nitrogen and oxygen atoms in total. The minimum atomic E-state index is -0.873. The van der Waals surface area contributed by atoms with Gasteiger partial charge in [-0.05, 0) is 92.6 Å². The molecule has 3 aromatic heterocycles. The molecule has 6 aromatic rings. The van der Waals surface area contributed by atoms with Gasteiger partial charge >= 0.3 is 6.01 Å². The molecule has 0 spiro atoms. The number of phenols is 1. The van der Waals surface area contributed by atoms with Crippen LogP contribution in [0.1, 0.15) is 134 Å². The zero-order chi connectivity index (χ0) is 57.8. The summed E-state index contributed by atoms with van der Waals surface area (Å²) in [5, 5.41) is 32.3. The van der Waals surface area contributed by atoms with Crippen LogP contribution in [0.4, 0.5) is 14.6 Å². The number of ether oxygens (including phenoxy) is 1. The molecular formula is C63H76F2N10O6S. The summed E-state index contributed by atoms with van der Waals surface area (Å²) in [6.45, 7) is 13.4. The van der Waals surface area contributed by atoms with Crippen LogP contribution in [0, 0.1) is 36.3 Å². The highest BCUT2D eigenvalue weighted by atomic mass is 32.1. The number of aliphatic hydroxyl groups excluding tert-OH is 1. The van der Waals surface area contributed by atoms with E-state index in [1.54, 1.807) is 17.5 Å². The van der Waals surface area contributed by atoms with Crippen LogP contribution in [0.25, 0.3) is 43.4 Å². The van der Waals surface area contributed by atoms with Crippen LogP contribution in [-0.2, 0) is 14.4 Å². The van der Waals surface area contributed by atoms with Crippen molar-refractivity contribution in [3.63, 3.8) is 0 Å². The summed E-state index contributed by atoms with van der Waals surface area (Å²) in [4.78, 5) is 66.9. The quantitative estimate of drug-likeness (QED) is 0.0338. The highest BCUT2D eigenvalue weighted by Gasteiger charge is 2.45. The van der Waals surface area contributed by atoms with Crippen LogP contribution in [0.2, 0.25) is 0 Å². The SMILES string of the molecule is C#Cc1c(F)ccc2cc(O)cc(-c3ncc4c(N5CC6CCC(C5)N6)nc(OC5CCN(CCCCCCCCCCC(=O)NC(C(=O)N6C[C@H](O)C[C@H]6C(=O)N[C@@H](C)c6ccc(-c7scnc7C)cc6)C(C)(C)C)C5)nc4c3F)c12. The number of β-amino-alcohol motifs (C(OH)–C–C–N with tert-alkyl or cyclic N) is 1. The molecule has 10 rings (SSSR count). The van der Waals surface area contributed by atoms with Gasteiger partial charge in [0.1, 0.15) is 46.8 Å². The van der Waals surface area contributed by atoms with Gasteiger partial charge in [0.25, 0.3) is 0 Å². The molecule has 19 heteroatoms. The van der Waals surface area contributed by atoms with E-state index in [9.17, 15) is 24.6 Å². The summed E-state index contributed by atoms with van der Waals surface area (Å²) in [6, 6.07) is 12.1. The second-order valence-corrected chi connectivity index (χ2v) is 24.9. The Morgan fingerprint density at radius 1 is 0.915 bits per heavy atom. The van der Waals surface area contributed by atoms with Gasteiger partial charge in [0.05, 0.1) is 39.2 Å². The molecule has 0 saturated carbocycles. The average Bonchev–Trinajstić information content (AvgIpc) is 4.33. The number of phenolic OH excluding ortho intramolecular Hbond substituents is 1. The minimum Gasteiger partial charge on any atom is -0.508 e. The molecule has 3 amide bonds. The molecule has 7 heterocycles. The molecule has 434 valence electrons. The first-order valence-electron chi connectivity index (χ1n) is 29.2. The van der Waals surface area contributed by atoms with Crippen LogP contribution < -0.4 is 25.6 Å². The zero-order valence-corrected chi connectivity index (χ0v) is 48.5. The predicted octanol–water partition coefficient (Wildman–Crippen LogP) is 9.52. The van der Waals surface area contributed by atoms with Gasteiger partial charge in [-0.3, -0.25) is 24.3 Å². The zero-order valence-electron chi connectivity index (χ0n) is 47.6. The van der Waals surface area contributed by atoms with Gasteiger partial charge < -0.3 is 40.7 Å². The summed E-state index contributed by atoms with van der Waals surface area (Å²) in [6.07, 6.45) is 17.5. The molecule has 7 atom stereocenters. The van der Waals surface area contributed by atoms with Crippen molar-refractivity contribution in [3.05, 3.63) is 88.7 Å². The number of nitrogens with zero attached hydrogens (tertiary/aromatic N) is 7. The van der Waals surface area contributed by atoms with E-state index in [-0.39, 0.29) is 94.4 Å². The summed E-state index contributed by atoms with van der Waals surface area (Å²) in [5.41, 5.74) is 4.13. The molecule has 4 aliphatic heterocycles. The van der Waals surface area contributed by atoms with Crippen molar-refractivity contribution < 1.29 is 38.1 Å². The van der Waals surface area contributed by atoms with E-state index in [0.29, 0.717) is 49.1 Å². The fourth-order valence-corrected chi connectivity index (χ4v) is 13.2. The Morgan fingerprint density at radius 3 is 2.33 bits per heavy atom. The number of piperazine rings is 1. The Balaban J connectivity index is 0.662. The lowest BCUT2D eigenvalue weighted by Crippen LogP contribution is -2.57. The van der Waals surface area contributed by atoms with Crippen LogP contribution in [0.15, 0.2) is 60.2 Å². The highest BCUT2D eigenvalue weighted by molar-refractivity contribution is 7.13. The van der Waals surface area contributed by atoms with E-state index in [1.807, 2.05) is 64.4 Å². The molecule has 0 aliphatic carbocycles.